The standard InChI is InChI=1S/C6H11BN2O2/c1-9-5-6(4-8-9)2-3-7(10)11/h4-5,10-11H,2-3H2,1H3. The summed E-state index contributed by atoms with van der Waals surface area (Å²) in [6.45, 7) is 0. The molecular formula is C6H11BN2O2. The first-order chi connectivity index (χ1) is 5.18. The Hall–Kier alpha value is -0.805. The third-order valence-electron chi connectivity index (χ3n) is 1.45. The first-order valence-corrected chi connectivity index (χ1v) is 3.52. The number of nitrogens with zero attached hydrogens (tertiary/aromatic N) is 2. The fraction of sp³-hybridized carbons (Fsp3) is 0.500. The highest BCUT2D eigenvalue weighted by Crippen LogP contribution is 2.01. The minimum atomic E-state index is -1.21. The van der Waals surface area contributed by atoms with Gasteiger partial charge in [-0.2, -0.15) is 5.10 Å². The van der Waals surface area contributed by atoms with Crippen molar-refractivity contribution in [2.24, 2.45) is 7.05 Å². The van der Waals surface area contributed by atoms with Crippen molar-refractivity contribution in [3.8, 4) is 0 Å². The molecule has 1 heterocycles. The van der Waals surface area contributed by atoms with Crippen LogP contribution in [0.15, 0.2) is 12.4 Å². The van der Waals surface area contributed by atoms with Crippen LogP contribution >= 0.6 is 0 Å². The molecule has 0 aliphatic heterocycles. The van der Waals surface area contributed by atoms with Crippen LogP contribution in [0, 0.1) is 0 Å². The second-order valence-electron chi connectivity index (χ2n) is 2.54. The second-order valence-corrected chi connectivity index (χ2v) is 2.54. The van der Waals surface area contributed by atoms with Crippen molar-refractivity contribution in [1.82, 2.24) is 9.78 Å². The summed E-state index contributed by atoms with van der Waals surface area (Å²) in [5.74, 6) is 0. The van der Waals surface area contributed by atoms with Gasteiger partial charge in [0.05, 0.1) is 6.20 Å². The van der Waals surface area contributed by atoms with E-state index in [0.717, 1.165) is 5.56 Å². The Labute approximate surface area is 65.6 Å². The van der Waals surface area contributed by atoms with Crippen LogP contribution in [0.25, 0.3) is 0 Å². The predicted octanol–water partition coefficient (Wildman–Crippen LogP) is -0.565. The van der Waals surface area contributed by atoms with Gasteiger partial charge in [-0.25, -0.2) is 0 Å². The Morgan fingerprint density at radius 3 is 2.82 bits per heavy atom. The fourth-order valence-corrected chi connectivity index (χ4v) is 0.897. The Kier molecular flexibility index (Phi) is 2.67. The molecule has 4 nitrogen and oxygen atoms in total. The molecule has 0 spiro atoms. The molecule has 0 unspecified atom stereocenters. The van der Waals surface area contributed by atoms with Crippen molar-refractivity contribution in [2.45, 2.75) is 12.7 Å². The van der Waals surface area contributed by atoms with Gasteiger partial charge in [0.1, 0.15) is 0 Å². The van der Waals surface area contributed by atoms with Crippen molar-refractivity contribution >= 4 is 7.12 Å². The van der Waals surface area contributed by atoms with Gasteiger partial charge >= 0.3 is 7.12 Å². The van der Waals surface area contributed by atoms with Gasteiger partial charge in [-0.1, -0.05) is 0 Å². The van der Waals surface area contributed by atoms with E-state index in [4.69, 9.17) is 10.0 Å². The molecule has 2 N–H and O–H groups in total. The minimum Gasteiger partial charge on any atom is -0.427 e. The zero-order valence-electron chi connectivity index (χ0n) is 6.44. The third-order valence-corrected chi connectivity index (χ3v) is 1.45. The van der Waals surface area contributed by atoms with Gasteiger partial charge < -0.3 is 10.0 Å². The highest BCUT2D eigenvalue weighted by molar-refractivity contribution is 6.40. The molecule has 0 saturated carbocycles. The summed E-state index contributed by atoms with van der Waals surface area (Å²) in [6.07, 6.45) is 4.61. The number of rotatable bonds is 3. The van der Waals surface area contributed by atoms with Gasteiger partial charge in [0, 0.05) is 13.2 Å². The van der Waals surface area contributed by atoms with Crippen LogP contribution < -0.4 is 0 Å². The summed E-state index contributed by atoms with van der Waals surface area (Å²) >= 11 is 0. The lowest BCUT2D eigenvalue weighted by atomic mass is 9.83. The predicted molar refractivity (Wildman–Crippen MR) is 41.9 cm³/mol. The van der Waals surface area contributed by atoms with Gasteiger partial charge in [-0.3, -0.25) is 4.68 Å². The third kappa shape index (κ3) is 2.73. The van der Waals surface area contributed by atoms with Gasteiger partial charge in [-0.05, 0) is 18.3 Å². The zero-order chi connectivity index (χ0) is 8.27. The molecule has 0 bridgehead atoms. The first kappa shape index (κ1) is 8.29. The molecule has 0 saturated heterocycles. The lowest BCUT2D eigenvalue weighted by Gasteiger charge is -1.94. The Morgan fingerprint density at radius 1 is 1.64 bits per heavy atom. The van der Waals surface area contributed by atoms with E-state index in [2.05, 4.69) is 5.10 Å². The van der Waals surface area contributed by atoms with Crippen LogP contribution in [0.4, 0.5) is 0 Å². The largest absolute Gasteiger partial charge is 0.451 e. The van der Waals surface area contributed by atoms with E-state index in [1.165, 1.54) is 0 Å². The molecule has 0 aliphatic carbocycles. The molecule has 0 amide bonds. The van der Waals surface area contributed by atoms with E-state index in [0.29, 0.717) is 12.7 Å². The van der Waals surface area contributed by atoms with E-state index in [9.17, 15) is 0 Å². The molecule has 1 aromatic heterocycles. The molecule has 0 radical (unpaired) electrons. The summed E-state index contributed by atoms with van der Waals surface area (Å²) in [5.41, 5.74) is 1.03. The van der Waals surface area contributed by atoms with Crippen LogP contribution in [-0.4, -0.2) is 26.9 Å². The normalized spacial score (nSPS) is 10.1. The summed E-state index contributed by atoms with van der Waals surface area (Å²) in [4.78, 5) is 0. The quantitative estimate of drug-likeness (QED) is 0.573. The summed E-state index contributed by atoms with van der Waals surface area (Å²) in [5, 5.41) is 21.0. The summed E-state index contributed by atoms with van der Waals surface area (Å²) < 4.78 is 1.69. The Bertz CT molecular complexity index is 224. The van der Waals surface area contributed by atoms with Crippen LogP contribution in [0.3, 0.4) is 0 Å². The van der Waals surface area contributed by atoms with Crippen molar-refractivity contribution in [3.05, 3.63) is 18.0 Å². The molecule has 0 fully saturated rings. The van der Waals surface area contributed by atoms with Crippen LogP contribution in [-0.2, 0) is 13.5 Å². The minimum absolute atomic E-state index is 0.367. The molecule has 5 heteroatoms. The number of hydrogen-bond acceptors (Lipinski definition) is 3. The number of aromatic nitrogens is 2. The number of aryl methyl sites for hydroxylation is 2. The Balaban J connectivity index is 2.39. The highest BCUT2D eigenvalue weighted by Gasteiger charge is 2.06. The second kappa shape index (κ2) is 3.55. The molecule has 60 valence electrons. The monoisotopic (exact) mass is 154 g/mol. The molecule has 11 heavy (non-hydrogen) atoms. The SMILES string of the molecule is Cn1cc(CCB(O)O)cn1. The number of hydrogen-bond donors (Lipinski definition) is 2. The maximum atomic E-state index is 8.55. The fourth-order valence-electron chi connectivity index (χ4n) is 0.897. The molecule has 0 aromatic carbocycles. The van der Waals surface area contributed by atoms with Gasteiger partial charge in [0.25, 0.3) is 0 Å². The molecule has 0 aliphatic rings. The van der Waals surface area contributed by atoms with Crippen LogP contribution in [0.2, 0.25) is 6.32 Å². The van der Waals surface area contributed by atoms with Crippen molar-refractivity contribution in [2.75, 3.05) is 0 Å². The summed E-state index contributed by atoms with van der Waals surface area (Å²) in [7, 11) is 0.619. The van der Waals surface area contributed by atoms with Gasteiger partial charge in [0.15, 0.2) is 0 Å². The van der Waals surface area contributed by atoms with E-state index < -0.39 is 7.12 Å². The van der Waals surface area contributed by atoms with Gasteiger partial charge in [0.2, 0.25) is 0 Å². The molecule has 0 atom stereocenters. The average Bonchev–Trinajstić information content (AvgIpc) is 2.31. The lowest BCUT2D eigenvalue weighted by molar-refractivity contribution is 0.405. The van der Waals surface area contributed by atoms with Crippen LogP contribution in [0.5, 0.6) is 0 Å². The first-order valence-electron chi connectivity index (χ1n) is 3.52. The maximum absolute atomic E-state index is 8.55. The van der Waals surface area contributed by atoms with E-state index in [1.54, 1.807) is 10.9 Å². The Morgan fingerprint density at radius 2 is 2.36 bits per heavy atom. The lowest BCUT2D eigenvalue weighted by Crippen LogP contribution is -2.10. The molecule has 1 rings (SSSR count). The van der Waals surface area contributed by atoms with E-state index >= 15 is 0 Å². The van der Waals surface area contributed by atoms with Crippen LogP contribution in [0.1, 0.15) is 5.56 Å². The molecule has 1 aromatic rings. The van der Waals surface area contributed by atoms with Crippen molar-refractivity contribution < 1.29 is 10.0 Å². The summed E-state index contributed by atoms with van der Waals surface area (Å²) in [6, 6.07) is 0. The maximum Gasteiger partial charge on any atom is 0.451 e. The smallest absolute Gasteiger partial charge is 0.427 e. The topological polar surface area (TPSA) is 58.3 Å². The highest BCUT2D eigenvalue weighted by atomic mass is 16.4. The van der Waals surface area contributed by atoms with E-state index in [-0.39, 0.29) is 0 Å². The van der Waals surface area contributed by atoms with Crippen molar-refractivity contribution in [3.63, 3.8) is 0 Å². The van der Waals surface area contributed by atoms with E-state index in [1.807, 2.05) is 13.2 Å². The average molecular weight is 154 g/mol. The molecular weight excluding hydrogens is 143 g/mol. The van der Waals surface area contributed by atoms with Gasteiger partial charge in [-0.15, -0.1) is 0 Å². The van der Waals surface area contributed by atoms with Crippen molar-refractivity contribution in [1.29, 1.82) is 0 Å². The zero-order valence-corrected chi connectivity index (χ0v) is 6.44.